The fourth-order valence-corrected chi connectivity index (χ4v) is 2.23. The van der Waals surface area contributed by atoms with E-state index in [2.05, 4.69) is 42.1 Å². The molecule has 21 heavy (non-hydrogen) atoms. The van der Waals surface area contributed by atoms with Gasteiger partial charge < -0.3 is 5.32 Å². The van der Waals surface area contributed by atoms with E-state index in [9.17, 15) is 0 Å². The van der Waals surface area contributed by atoms with E-state index in [4.69, 9.17) is 4.98 Å². The van der Waals surface area contributed by atoms with Crippen molar-refractivity contribution >= 4 is 5.82 Å². The van der Waals surface area contributed by atoms with Gasteiger partial charge in [-0.15, -0.1) is 0 Å². The predicted molar refractivity (Wildman–Crippen MR) is 86.6 cm³/mol. The van der Waals surface area contributed by atoms with Crippen LogP contribution in [0.25, 0.3) is 0 Å². The first-order valence-electron chi connectivity index (χ1n) is 7.73. The summed E-state index contributed by atoms with van der Waals surface area (Å²) in [5, 5.41) is 3.42. The number of hydrogen-bond acceptors (Lipinski definition) is 4. The third kappa shape index (κ3) is 4.25. The molecule has 0 unspecified atom stereocenters. The molecule has 112 valence electrons. The summed E-state index contributed by atoms with van der Waals surface area (Å²) in [7, 11) is 0. The molecule has 0 fully saturated rings. The summed E-state index contributed by atoms with van der Waals surface area (Å²) in [6, 6.07) is 4.06. The third-order valence-electron chi connectivity index (χ3n) is 3.40. The average molecular weight is 284 g/mol. The Morgan fingerprint density at radius 2 is 2.00 bits per heavy atom. The number of aryl methyl sites for hydroxylation is 1. The molecule has 2 aromatic rings. The molecule has 0 saturated carbocycles. The highest BCUT2D eigenvalue weighted by molar-refractivity contribution is 5.47. The van der Waals surface area contributed by atoms with Crippen molar-refractivity contribution in [1.29, 1.82) is 0 Å². The Balaban J connectivity index is 2.31. The second-order valence-electron chi connectivity index (χ2n) is 5.27. The monoisotopic (exact) mass is 284 g/mol. The van der Waals surface area contributed by atoms with E-state index in [1.807, 2.05) is 12.3 Å². The SMILES string of the molecule is CCCNc1nc(CCC)nc(Cc2cccnc2)c1C. The lowest BCUT2D eigenvalue weighted by atomic mass is 10.1. The molecule has 0 bridgehead atoms. The number of aromatic nitrogens is 3. The minimum atomic E-state index is 0.805. The first-order valence-corrected chi connectivity index (χ1v) is 7.73. The van der Waals surface area contributed by atoms with Crippen LogP contribution in [0, 0.1) is 6.92 Å². The molecule has 0 aliphatic heterocycles. The molecule has 0 amide bonds. The van der Waals surface area contributed by atoms with Gasteiger partial charge in [-0.05, 0) is 31.4 Å². The maximum atomic E-state index is 4.75. The molecule has 0 aliphatic carbocycles. The van der Waals surface area contributed by atoms with Gasteiger partial charge in [-0.3, -0.25) is 4.98 Å². The van der Waals surface area contributed by atoms with Crippen LogP contribution in [-0.4, -0.2) is 21.5 Å². The minimum absolute atomic E-state index is 0.805. The minimum Gasteiger partial charge on any atom is -0.370 e. The molecule has 2 aromatic heterocycles. The van der Waals surface area contributed by atoms with E-state index in [1.54, 1.807) is 6.20 Å². The Kier molecular flexibility index (Phi) is 5.67. The van der Waals surface area contributed by atoms with Crippen LogP contribution in [0.2, 0.25) is 0 Å². The Morgan fingerprint density at radius 1 is 1.14 bits per heavy atom. The average Bonchev–Trinajstić information content (AvgIpc) is 2.50. The smallest absolute Gasteiger partial charge is 0.132 e. The molecule has 1 N–H and O–H groups in total. The number of nitrogens with one attached hydrogen (secondary N) is 1. The maximum absolute atomic E-state index is 4.75. The van der Waals surface area contributed by atoms with Crippen molar-refractivity contribution in [3.05, 3.63) is 47.2 Å². The van der Waals surface area contributed by atoms with Gasteiger partial charge in [0, 0.05) is 37.3 Å². The quantitative estimate of drug-likeness (QED) is 0.845. The molecule has 4 heteroatoms. The van der Waals surface area contributed by atoms with Gasteiger partial charge >= 0.3 is 0 Å². The lowest BCUT2D eigenvalue weighted by Gasteiger charge is -2.13. The molecule has 0 aromatic carbocycles. The summed E-state index contributed by atoms with van der Waals surface area (Å²) in [6.45, 7) is 7.35. The normalized spacial score (nSPS) is 10.6. The first-order chi connectivity index (χ1) is 10.2. The molecule has 0 atom stereocenters. The highest BCUT2D eigenvalue weighted by atomic mass is 15.0. The van der Waals surface area contributed by atoms with Crippen LogP contribution in [0.5, 0.6) is 0 Å². The molecule has 0 saturated heterocycles. The van der Waals surface area contributed by atoms with Crippen molar-refractivity contribution in [2.75, 3.05) is 11.9 Å². The Morgan fingerprint density at radius 3 is 2.67 bits per heavy atom. The van der Waals surface area contributed by atoms with E-state index < -0.39 is 0 Å². The summed E-state index contributed by atoms with van der Waals surface area (Å²) in [5.74, 6) is 1.91. The third-order valence-corrected chi connectivity index (χ3v) is 3.40. The highest BCUT2D eigenvalue weighted by Gasteiger charge is 2.11. The van der Waals surface area contributed by atoms with Gasteiger partial charge in [-0.2, -0.15) is 0 Å². The summed E-state index contributed by atoms with van der Waals surface area (Å²) in [5.41, 5.74) is 3.43. The van der Waals surface area contributed by atoms with Crippen molar-refractivity contribution in [1.82, 2.24) is 15.0 Å². The zero-order valence-corrected chi connectivity index (χ0v) is 13.2. The van der Waals surface area contributed by atoms with Crippen molar-refractivity contribution in [3.63, 3.8) is 0 Å². The van der Waals surface area contributed by atoms with E-state index in [-0.39, 0.29) is 0 Å². The van der Waals surface area contributed by atoms with Crippen LogP contribution in [0.1, 0.15) is 49.3 Å². The van der Waals surface area contributed by atoms with Gasteiger partial charge in [0.15, 0.2) is 0 Å². The van der Waals surface area contributed by atoms with Gasteiger partial charge in [0.1, 0.15) is 11.6 Å². The maximum Gasteiger partial charge on any atom is 0.132 e. The fourth-order valence-electron chi connectivity index (χ4n) is 2.23. The van der Waals surface area contributed by atoms with Crippen LogP contribution in [0.15, 0.2) is 24.5 Å². The molecule has 4 nitrogen and oxygen atoms in total. The summed E-state index contributed by atoms with van der Waals surface area (Å²) in [6.07, 6.45) is 7.57. The lowest BCUT2D eigenvalue weighted by molar-refractivity contribution is 0.808. The Bertz CT molecular complexity index is 567. The van der Waals surface area contributed by atoms with E-state index >= 15 is 0 Å². The van der Waals surface area contributed by atoms with Crippen LogP contribution >= 0.6 is 0 Å². The Hall–Kier alpha value is -1.97. The lowest BCUT2D eigenvalue weighted by Crippen LogP contribution is -2.11. The molecule has 2 heterocycles. The number of hydrogen-bond donors (Lipinski definition) is 1. The van der Waals surface area contributed by atoms with Crippen LogP contribution < -0.4 is 5.32 Å². The second kappa shape index (κ2) is 7.72. The van der Waals surface area contributed by atoms with E-state index in [1.165, 1.54) is 5.56 Å². The van der Waals surface area contributed by atoms with E-state index in [0.717, 1.165) is 55.1 Å². The van der Waals surface area contributed by atoms with Crippen LogP contribution in [-0.2, 0) is 12.8 Å². The standard InChI is InChI=1S/C17H24N4/c1-4-7-16-20-15(11-14-8-6-10-18-12-14)13(3)17(21-16)19-9-5-2/h6,8,10,12H,4-5,7,9,11H2,1-3H3,(H,19,20,21). The topological polar surface area (TPSA) is 50.7 Å². The Labute approximate surface area is 127 Å². The van der Waals surface area contributed by atoms with Crippen molar-refractivity contribution in [2.24, 2.45) is 0 Å². The first kappa shape index (κ1) is 15.4. The zero-order valence-electron chi connectivity index (χ0n) is 13.2. The van der Waals surface area contributed by atoms with Gasteiger partial charge in [0.25, 0.3) is 0 Å². The molecule has 2 rings (SSSR count). The summed E-state index contributed by atoms with van der Waals surface area (Å²) in [4.78, 5) is 13.6. The van der Waals surface area contributed by atoms with Gasteiger partial charge in [0.05, 0.1) is 5.69 Å². The van der Waals surface area contributed by atoms with Gasteiger partial charge in [0.2, 0.25) is 0 Å². The molecule has 0 radical (unpaired) electrons. The number of nitrogens with zero attached hydrogens (tertiary/aromatic N) is 3. The second-order valence-corrected chi connectivity index (χ2v) is 5.27. The van der Waals surface area contributed by atoms with Crippen molar-refractivity contribution in [2.45, 2.75) is 46.5 Å². The molecular weight excluding hydrogens is 260 g/mol. The molecular formula is C17H24N4. The van der Waals surface area contributed by atoms with E-state index in [0.29, 0.717) is 0 Å². The van der Waals surface area contributed by atoms with Gasteiger partial charge in [-0.25, -0.2) is 9.97 Å². The highest BCUT2D eigenvalue weighted by Crippen LogP contribution is 2.19. The molecule has 0 aliphatic rings. The number of rotatable bonds is 7. The van der Waals surface area contributed by atoms with Crippen molar-refractivity contribution < 1.29 is 0 Å². The summed E-state index contributed by atoms with van der Waals surface area (Å²) >= 11 is 0. The largest absolute Gasteiger partial charge is 0.370 e. The van der Waals surface area contributed by atoms with Crippen LogP contribution in [0.3, 0.4) is 0 Å². The van der Waals surface area contributed by atoms with Gasteiger partial charge in [-0.1, -0.05) is 19.9 Å². The predicted octanol–water partition coefficient (Wildman–Crippen LogP) is 3.55. The number of pyridine rings is 1. The number of anilines is 1. The van der Waals surface area contributed by atoms with Crippen molar-refractivity contribution in [3.8, 4) is 0 Å². The van der Waals surface area contributed by atoms with Crippen LogP contribution in [0.4, 0.5) is 5.82 Å². The summed E-state index contributed by atoms with van der Waals surface area (Å²) < 4.78 is 0. The molecule has 0 spiro atoms. The zero-order chi connectivity index (χ0) is 15.1. The fraction of sp³-hybridized carbons (Fsp3) is 0.471.